The maximum Gasteiger partial charge on any atom is 0 e. The Hall–Kier alpha value is 3.47. The fraction of sp³-hybridized carbons (Fsp3) is 0. The molecule has 0 aromatic rings. The molecule has 0 spiro atoms. The van der Waals surface area contributed by atoms with E-state index in [9.17, 15) is 10.5 Å². The van der Waals surface area contributed by atoms with Crippen molar-refractivity contribution in [3.8, 4) is 0 Å². The summed E-state index contributed by atoms with van der Waals surface area (Å²) in [7, 11) is 0. The van der Waals surface area contributed by atoms with Gasteiger partial charge in [0.15, 0.2) is 0 Å². The van der Waals surface area contributed by atoms with Crippen LogP contribution in [-0.4, -0.2) is 51.4 Å². The number of halogens is 4. The molecule has 1 radical (unpaired) electrons. The van der Waals surface area contributed by atoms with Gasteiger partial charge in [0.1, 0.15) is 0 Å². The van der Waals surface area contributed by atoms with Crippen molar-refractivity contribution in [3.05, 3.63) is 0 Å². The smallest absolute Gasteiger partial charge is 0 e. The van der Waals surface area contributed by atoms with Crippen molar-refractivity contribution in [2.45, 2.75) is 0 Å². The van der Waals surface area contributed by atoms with Crippen LogP contribution in [0, 0.1) is 36.9 Å². The summed E-state index contributed by atoms with van der Waals surface area (Å²) in [5.74, 6) is 0. The molecule has 0 aromatic heterocycles. The van der Waals surface area contributed by atoms with Crippen LogP contribution in [0.25, 0.3) is 0 Å². The molecule has 0 N–H and O–H groups in total. The van der Waals surface area contributed by atoms with Crippen LogP contribution in [0.1, 0.15) is 0 Å². The summed E-state index contributed by atoms with van der Waals surface area (Å²) in [5.41, 5.74) is 0. The minimum absolute atomic E-state index is 0. The molecule has 0 bridgehead atoms. The van der Waals surface area contributed by atoms with Crippen molar-refractivity contribution < 1.29 is 70.1 Å². The third-order valence-corrected chi connectivity index (χ3v) is 0. The van der Waals surface area contributed by atoms with Gasteiger partial charge in [-0.2, -0.15) is 0 Å². The van der Waals surface area contributed by atoms with Gasteiger partial charge in [-0.1, -0.05) is 0 Å². The molecule has 0 aliphatic rings. The molecule has 0 rings (SSSR count). The van der Waals surface area contributed by atoms with Gasteiger partial charge in [-0.05, 0) is 0 Å². The minimum atomic E-state index is -7.18. The van der Waals surface area contributed by atoms with Crippen molar-refractivity contribution in [1.82, 2.24) is 0 Å². The molecule has 0 atom stereocenters. The largest absolute Gasteiger partial charge is 0 e. The molecule has 0 saturated heterocycles. The molecular weight excluding hydrogens is 381 g/mol. The van der Waals surface area contributed by atoms with Crippen molar-refractivity contribution in [3.63, 3.8) is 0 Å². The summed E-state index contributed by atoms with van der Waals surface area (Å²) < 4.78 is 39.6. The quantitative estimate of drug-likeness (QED) is 0.434. The average molecular weight is 382 g/mol. The zero-order chi connectivity index (χ0) is 4.50. The Balaban J connectivity index is -0.0000000800. The topological polar surface area (TPSA) is 0 Å². The minimum Gasteiger partial charge on any atom is 0 e. The number of hydrogen-bond donors (Lipinski definition) is 0. The van der Waals surface area contributed by atoms with Gasteiger partial charge in [-0.3, -0.25) is 0 Å². The Kier molecular flexibility index (Phi) is 18.2. The molecule has 0 nitrogen and oxygen atoms in total. The fourth-order valence-electron chi connectivity index (χ4n) is 0. The van der Waals surface area contributed by atoms with Gasteiger partial charge in [-0.15, -0.1) is 0 Å². The zero-order valence-electron chi connectivity index (χ0n) is 2.27. The second-order valence-corrected chi connectivity index (χ2v) is 2.54. The standard InChI is InChI=1S/4FH.K.Lu.Zr.H/h4*1H;;;;/q;;;;;;+4;/p-4. The van der Waals surface area contributed by atoms with Crippen LogP contribution < -0.4 is 0 Å². The molecule has 0 amide bonds. The summed E-state index contributed by atoms with van der Waals surface area (Å²) in [5, 5.41) is 0. The zero-order valence-corrected chi connectivity index (χ0v) is 6.38. The third kappa shape index (κ3) is 43.9. The molecule has 0 fully saturated rings. The van der Waals surface area contributed by atoms with Gasteiger partial charge in [0.25, 0.3) is 0 Å². The predicted octanol–water partition coefficient (Wildman–Crippen LogP) is 1.03. The third-order valence-electron chi connectivity index (χ3n) is 0. The van der Waals surface area contributed by atoms with Gasteiger partial charge < -0.3 is 0 Å². The Labute approximate surface area is 118 Å². The van der Waals surface area contributed by atoms with Crippen molar-refractivity contribution in [2.24, 2.45) is 0 Å². The van der Waals surface area contributed by atoms with Crippen LogP contribution in [0.5, 0.6) is 0 Å². The van der Waals surface area contributed by atoms with Crippen LogP contribution >= 0.6 is 0 Å². The Morgan fingerprint density at radius 3 is 0.857 bits per heavy atom. The second kappa shape index (κ2) is 7.58. The van der Waals surface area contributed by atoms with Crippen molar-refractivity contribution in [2.75, 3.05) is 0 Å². The average Bonchev–Trinajstić information content (AvgIpc) is 0.722. The van der Waals surface area contributed by atoms with Gasteiger partial charge in [-0.25, -0.2) is 0 Å². The first kappa shape index (κ1) is 16.8. The van der Waals surface area contributed by atoms with Gasteiger partial charge in [0.05, 0.1) is 0 Å². The van der Waals surface area contributed by atoms with E-state index in [1.807, 2.05) is 0 Å². The predicted molar refractivity (Wildman–Crippen MR) is 11.6 cm³/mol. The summed E-state index contributed by atoms with van der Waals surface area (Å²) in [4.78, 5) is 0. The SMILES string of the molecule is [F][Zr]([F])([F])[F].[KH].[Lu]. The summed E-state index contributed by atoms with van der Waals surface area (Å²) >= 11 is -7.18. The molecule has 49 valence electrons. The van der Waals surface area contributed by atoms with Crippen LogP contribution in [-0.2, 0) is 22.7 Å². The van der Waals surface area contributed by atoms with E-state index in [0.717, 1.165) is 0 Å². The molecule has 0 aliphatic heterocycles. The van der Waals surface area contributed by atoms with Gasteiger partial charge >= 0.3 is 84.6 Å². The van der Waals surface area contributed by atoms with E-state index in [4.69, 9.17) is 0 Å². The van der Waals surface area contributed by atoms with Crippen LogP contribution in [0.3, 0.4) is 0 Å². The first-order valence-electron chi connectivity index (χ1n) is 0.756. The maximum absolute atomic E-state index is 9.90. The molecule has 0 heterocycles. The van der Waals surface area contributed by atoms with Gasteiger partial charge in [0.2, 0.25) is 0 Å². The summed E-state index contributed by atoms with van der Waals surface area (Å²) in [6.45, 7) is 0. The monoisotopic (exact) mass is 381 g/mol. The van der Waals surface area contributed by atoms with E-state index in [1.54, 1.807) is 0 Å². The van der Waals surface area contributed by atoms with Crippen molar-refractivity contribution in [1.29, 1.82) is 0 Å². The van der Waals surface area contributed by atoms with E-state index in [1.165, 1.54) is 0 Å². The van der Waals surface area contributed by atoms with Crippen LogP contribution in [0.4, 0.5) is 10.5 Å². The molecule has 0 saturated carbocycles. The first-order valence-corrected chi connectivity index (χ1v) is 4.47. The summed E-state index contributed by atoms with van der Waals surface area (Å²) in [6, 6.07) is 0. The fourth-order valence-corrected chi connectivity index (χ4v) is 0. The Morgan fingerprint density at radius 1 is 0.857 bits per heavy atom. The maximum atomic E-state index is 9.90. The molecule has 7 heavy (non-hydrogen) atoms. The molecule has 0 unspecified atom stereocenters. The van der Waals surface area contributed by atoms with Crippen LogP contribution in [0.15, 0.2) is 0 Å². The molecular formula is HF4KLuZr. The van der Waals surface area contributed by atoms with Crippen molar-refractivity contribution >= 4 is 51.4 Å². The molecule has 0 aromatic carbocycles. The molecule has 7 heteroatoms. The van der Waals surface area contributed by atoms with Crippen LogP contribution in [0.2, 0.25) is 0 Å². The summed E-state index contributed by atoms with van der Waals surface area (Å²) in [6.07, 6.45) is 0. The van der Waals surface area contributed by atoms with E-state index >= 15 is 0 Å². The first-order chi connectivity index (χ1) is 2.00. The normalized spacial score (nSPS) is 8.57. The number of hydrogen-bond acceptors (Lipinski definition) is 0. The van der Waals surface area contributed by atoms with Gasteiger partial charge in [0, 0.05) is 36.9 Å². The van der Waals surface area contributed by atoms with E-state index in [-0.39, 0.29) is 88.3 Å². The van der Waals surface area contributed by atoms with E-state index in [2.05, 4.69) is 0 Å². The van der Waals surface area contributed by atoms with E-state index in [0.29, 0.717) is 0 Å². The second-order valence-electron chi connectivity index (χ2n) is 0.429. The molecule has 0 aliphatic carbocycles. The Bertz CT molecular complexity index is 27.2. The Morgan fingerprint density at radius 2 is 0.857 bits per heavy atom. The number of rotatable bonds is 0. The van der Waals surface area contributed by atoms with E-state index < -0.39 is 22.7 Å².